The average Bonchev–Trinajstić information content (AvgIpc) is 2.68. The lowest BCUT2D eigenvalue weighted by Crippen LogP contribution is -2.38. The van der Waals surface area contributed by atoms with Gasteiger partial charge in [-0.3, -0.25) is 4.79 Å². The molecule has 5 nitrogen and oxygen atoms in total. The highest BCUT2D eigenvalue weighted by Gasteiger charge is 2.33. The van der Waals surface area contributed by atoms with E-state index in [1.807, 2.05) is 0 Å². The summed E-state index contributed by atoms with van der Waals surface area (Å²) in [6, 6.07) is 3.21. The molecular weight excluding hydrogens is 320 g/mol. The second kappa shape index (κ2) is 4.97. The van der Waals surface area contributed by atoms with E-state index in [9.17, 15) is 13.2 Å². The van der Waals surface area contributed by atoms with Gasteiger partial charge in [-0.05, 0) is 34.5 Å². The number of rotatable bonds is 2. The Hall–Kier alpha value is -0.950. The van der Waals surface area contributed by atoms with Crippen LogP contribution in [0.1, 0.15) is 16.9 Å². The highest BCUT2D eigenvalue weighted by molar-refractivity contribution is 9.10. The largest absolute Gasteiger partial charge is 0.336 e. The smallest absolute Gasteiger partial charge is 0.273 e. The van der Waals surface area contributed by atoms with Crippen LogP contribution < -0.4 is 0 Å². The second-order valence-corrected chi connectivity index (χ2v) is 7.39. The Labute approximate surface area is 114 Å². The van der Waals surface area contributed by atoms with E-state index in [-0.39, 0.29) is 23.5 Å². The molecule has 1 atom stereocenters. The van der Waals surface area contributed by atoms with Crippen LogP contribution in [0.15, 0.2) is 22.8 Å². The first kappa shape index (κ1) is 13.5. The maximum Gasteiger partial charge on any atom is 0.273 e. The zero-order valence-corrected chi connectivity index (χ0v) is 12.2. The monoisotopic (exact) mass is 332 g/mol. The summed E-state index contributed by atoms with van der Waals surface area (Å²) >= 11 is 3.27. The maximum atomic E-state index is 12.2. The van der Waals surface area contributed by atoms with Crippen LogP contribution in [0, 0.1) is 0 Å². The zero-order chi connectivity index (χ0) is 13.3. The number of amides is 1. The van der Waals surface area contributed by atoms with Gasteiger partial charge in [-0.25, -0.2) is 13.4 Å². The standard InChI is InChI=1S/C11H13BrN2O3S/c1-14(8-4-6-18(16,17)7-8)11(15)10-9(12)3-2-5-13-10/h2-3,5,8H,4,6-7H2,1H3. The molecule has 2 rings (SSSR count). The molecule has 1 aromatic heterocycles. The minimum Gasteiger partial charge on any atom is -0.336 e. The first-order chi connectivity index (χ1) is 8.41. The third kappa shape index (κ3) is 2.72. The molecule has 0 spiro atoms. The number of halogens is 1. The van der Waals surface area contributed by atoms with E-state index >= 15 is 0 Å². The molecule has 0 aliphatic carbocycles. The van der Waals surface area contributed by atoms with Gasteiger partial charge in [0.25, 0.3) is 5.91 Å². The van der Waals surface area contributed by atoms with Crippen molar-refractivity contribution in [3.05, 3.63) is 28.5 Å². The summed E-state index contributed by atoms with van der Waals surface area (Å²) in [6.07, 6.45) is 2.03. The fraction of sp³-hybridized carbons (Fsp3) is 0.455. The average molecular weight is 333 g/mol. The molecule has 1 aromatic rings. The Kier molecular flexibility index (Phi) is 3.72. The van der Waals surface area contributed by atoms with Crippen LogP contribution in [-0.4, -0.2) is 48.8 Å². The van der Waals surface area contributed by atoms with Crippen molar-refractivity contribution in [2.75, 3.05) is 18.6 Å². The fourth-order valence-corrected chi connectivity index (χ4v) is 4.16. The molecule has 2 heterocycles. The quantitative estimate of drug-likeness (QED) is 0.813. The van der Waals surface area contributed by atoms with Crippen LogP contribution in [-0.2, 0) is 9.84 Å². The summed E-state index contributed by atoms with van der Waals surface area (Å²) in [5.74, 6) is -0.0668. The Morgan fingerprint density at radius 1 is 1.56 bits per heavy atom. The highest BCUT2D eigenvalue weighted by Crippen LogP contribution is 2.20. The Balaban J connectivity index is 2.18. The summed E-state index contributed by atoms with van der Waals surface area (Å²) in [4.78, 5) is 17.7. The Morgan fingerprint density at radius 2 is 2.28 bits per heavy atom. The van der Waals surface area contributed by atoms with Crippen molar-refractivity contribution in [1.29, 1.82) is 0 Å². The molecule has 18 heavy (non-hydrogen) atoms. The molecule has 0 radical (unpaired) electrons. The van der Waals surface area contributed by atoms with Crippen LogP contribution in [0.4, 0.5) is 0 Å². The number of pyridine rings is 1. The summed E-state index contributed by atoms with van der Waals surface area (Å²) < 4.78 is 23.4. The number of hydrogen-bond acceptors (Lipinski definition) is 4. The van der Waals surface area contributed by atoms with Gasteiger partial charge >= 0.3 is 0 Å². The predicted octanol–water partition coefficient (Wildman–Crippen LogP) is 1.10. The van der Waals surface area contributed by atoms with Gasteiger partial charge < -0.3 is 4.90 Å². The molecule has 1 aliphatic heterocycles. The van der Waals surface area contributed by atoms with Crippen molar-refractivity contribution in [2.45, 2.75) is 12.5 Å². The lowest BCUT2D eigenvalue weighted by Gasteiger charge is -2.23. The van der Waals surface area contributed by atoms with Gasteiger partial charge in [-0.2, -0.15) is 0 Å². The van der Waals surface area contributed by atoms with Crippen LogP contribution >= 0.6 is 15.9 Å². The van der Waals surface area contributed by atoms with Crippen LogP contribution in [0.5, 0.6) is 0 Å². The van der Waals surface area contributed by atoms with Crippen LogP contribution in [0.3, 0.4) is 0 Å². The maximum absolute atomic E-state index is 12.2. The summed E-state index contributed by atoms with van der Waals surface area (Å²) in [6.45, 7) is 0. The molecule has 7 heteroatoms. The molecule has 1 saturated heterocycles. The topological polar surface area (TPSA) is 67.3 Å². The molecular formula is C11H13BrN2O3S. The minimum absolute atomic E-state index is 0.0414. The van der Waals surface area contributed by atoms with Crippen molar-refractivity contribution in [2.24, 2.45) is 0 Å². The van der Waals surface area contributed by atoms with E-state index in [1.165, 1.54) is 11.1 Å². The lowest BCUT2D eigenvalue weighted by molar-refractivity contribution is 0.0741. The fourth-order valence-electron chi connectivity index (χ4n) is 1.96. The van der Waals surface area contributed by atoms with E-state index in [0.717, 1.165) is 0 Å². The number of carbonyl (C=O) groups excluding carboxylic acids is 1. The molecule has 1 aliphatic rings. The lowest BCUT2D eigenvalue weighted by atomic mass is 10.2. The molecule has 0 aromatic carbocycles. The number of carbonyl (C=O) groups is 1. The third-order valence-corrected chi connectivity index (χ3v) is 5.43. The van der Waals surface area contributed by atoms with Crippen molar-refractivity contribution in [1.82, 2.24) is 9.88 Å². The summed E-state index contributed by atoms with van der Waals surface area (Å²) in [7, 11) is -1.37. The van der Waals surface area contributed by atoms with E-state index < -0.39 is 9.84 Å². The minimum atomic E-state index is -2.99. The summed E-state index contributed by atoms with van der Waals surface area (Å²) in [5, 5.41) is 0. The first-order valence-corrected chi connectivity index (χ1v) is 8.10. The van der Waals surface area contributed by atoms with Crippen molar-refractivity contribution < 1.29 is 13.2 Å². The van der Waals surface area contributed by atoms with Gasteiger partial charge in [0.15, 0.2) is 9.84 Å². The second-order valence-electron chi connectivity index (χ2n) is 4.31. The molecule has 98 valence electrons. The van der Waals surface area contributed by atoms with E-state index in [4.69, 9.17) is 0 Å². The van der Waals surface area contributed by atoms with Crippen molar-refractivity contribution in [3.8, 4) is 0 Å². The van der Waals surface area contributed by atoms with Gasteiger partial charge in [-0.15, -0.1) is 0 Å². The SMILES string of the molecule is CN(C(=O)c1ncccc1Br)C1CCS(=O)(=O)C1. The van der Waals surface area contributed by atoms with E-state index in [0.29, 0.717) is 16.6 Å². The molecule has 0 saturated carbocycles. The molecule has 0 bridgehead atoms. The predicted molar refractivity (Wildman–Crippen MR) is 71.1 cm³/mol. The van der Waals surface area contributed by atoms with Gasteiger partial charge in [0.1, 0.15) is 5.69 Å². The van der Waals surface area contributed by atoms with Gasteiger partial charge in [-0.1, -0.05) is 0 Å². The summed E-state index contributed by atoms with van der Waals surface area (Å²) in [5.41, 5.74) is 0.310. The van der Waals surface area contributed by atoms with Gasteiger partial charge in [0, 0.05) is 23.8 Å². The number of nitrogens with zero attached hydrogens (tertiary/aromatic N) is 2. The Morgan fingerprint density at radius 3 is 2.83 bits per heavy atom. The normalized spacial score (nSPS) is 21.8. The van der Waals surface area contributed by atoms with Crippen LogP contribution in [0.25, 0.3) is 0 Å². The molecule has 1 fully saturated rings. The van der Waals surface area contributed by atoms with E-state index in [2.05, 4.69) is 20.9 Å². The zero-order valence-electron chi connectivity index (χ0n) is 9.84. The van der Waals surface area contributed by atoms with Gasteiger partial charge in [0.2, 0.25) is 0 Å². The van der Waals surface area contributed by atoms with Crippen molar-refractivity contribution in [3.63, 3.8) is 0 Å². The van der Waals surface area contributed by atoms with Crippen molar-refractivity contribution >= 4 is 31.7 Å². The number of aromatic nitrogens is 1. The van der Waals surface area contributed by atoms with Crippen LogP contribution in [0.2, 0.25) is 0 Å². The molecule has 1 amide bonds. The molecule has 1 unspecified atom stereocenters. The highest BCUT2D eigenvalue weighted by atomic mass is 79.9. The number of hydrogen-bond donors (Lipinski definition) is 0. The first-order valence-electron chi connectivity index (χ1n) is 5.49. The van der Waals surface area contributed by atoms with Gasteiger partial charge in [0.05, 0.1) is 11.5 Å². The Bertz CT molecular complexity index is 573. The van der Waals surface area contributed by atoms with E-state index in [1.54, 1.807) is 19.2 Å². The number of sulfone groups is 1. The molecule has 0 N–H and O–H groups in total. The third-order valence-electron chi connectivity index (χ3n) is 3.04.